The van der Waals surface area contributed by atoms with E-state index >= 15 is 0 Å². The van der Waals surface area contributed by atoms with E-state index in [9.17, 15) is 8.42 Å². The first-order valence-corrected chi connectivity index (χ1v) is 10.5. The van der Waals surface area contributed by atoms with Gasteiger partial charge in [-0.05, 0) is 35.7 Å². The van der Waals surface area contributed by atoms with Gasteiger partial charge < -0.3 is 4.74 Å². The number of nitrogens with zero attached hydrogens (tertiary/aromatic N) is 1. The highest BCUT2D eigenvalue weighted by Crippen LogP contribution is 2.28. The van der Waals surface area contributed by atoms with Crippen molar-refractivity contribution in [1.29, 1.82) is 0 Å². The van der Waals surface area contributed by atoms with E-state index < -0.39 is 10.0 Å². The zero-order chi connectivity index (χ0) is 18.7. The van der Waals surface area contributed by atoms with Gasteiger partial charge in [0.1, 0.15) is 5.75 Å². The number of rotatable bonds is 6. The second-order valence-electron chi connectivity index (χ2n) is 6.10. The summed E-state index contributed by atoms with van der Waals surface area (Å²) < 4.78 is 32.5. The summed E-state index contributed by atoms with van der Waals surface area (Å²) in [4.78, 5) is 4.57. The molecule has 3 rings (SSSR count). The Morgan fingerprint density at radius 1 is 1.04 bits per heavy atom. The molecule has 0 saturated carbocycles. The topological polar surface area (TPSA) is 68.3 Å². The summed E-state index contributed by atoms with van der Waals surface area (Å²) in [5, 5.41) is 2.18. The number of benzene rings is 2. The number of thiazole rings is 1. The molecule has 0 aliphatic carbocycles. The summed E-state index contributed by atoms with van der Waals surface area (Å²) in [6.45, 7) is 4.29. The lowest BCUT2D eigenvalue weighted by Crippen LogP contribution is -2.12. The largest absolute Gasteiger partial charge is 0.497 e. The molecule has 26 heavy (non-hydrogen) atoms. The van der Waals surface area contributed by atoms with Crippen LogP contribution < -0.4 is 9.46 Å². The van der Waals surface area contributed by atoms with Gasteiger partial charge in [-0.1, -0.05) is 38.1 Å². The number of ether oxygens (including phenoxy) is 1. The van der Waals surface area contributed by atoms with Crippen LogP contribution in [0.15, 0.2) is 58.8 Å². The summed E-state index contributed by atoms with van der Waals surface area (Å²) in [5.41, 5.74) is 2.96. The van der Waals surface area contributed by atoms with Crippen LogP contribution >= 0.6 is 11.3 Å². The predicted molar refractivity (Wildman–Crippen MR) is 105 cm³/mol. The number of hydrogen-bond acceptors (Lipinski definition) is 5. The van der Waals surface area contributed by atoms with E-state index in [2.05, 4.69) is 35.7 Å². The molecule has 0 radical (unpaired) electrons. The maximum Gasteiger partial charge on any atom is 0.263 e. The number of nitrogens with one attached hydrogen (secondary N) is 1. The Labute approximate surface area is 157 Å². The van der Waals surface area contributed by atoms with Crippen molar-refractivity contribution in [2.45, 2.75) is 24.7 Å². The van der Waals surface area contributed by atoms with Gasteiger partial charge in [0.05, 0.1) is 17.7 Å². The number of methoxy groups -OCH3 is 1. The Balaban J connectivity index is 1.78. The van der Waals surface area contributed by atoms with E-state index in [0.29, 0.717) is 16.8 Å². The molecule has 0 unspecified atom stereocenters. The molecule has 2 aromatic carbocycles. The van der Waals surface area contributed by atoms with Gasteiger partial charge in [0.15, 0.2) is 5.13 Å². The fourth-order valence-corrected chi connectivity index (χ4v) is 4.39. The third-order valence-electron chi connectivity index (χ3n) is 3.97. The van der Waals surface area contributed by atoms with Gasteiger partial charge in [-0.2, -0.15) is 0 Å². The fourth-order valence-electron chi connectivity index (χ4n) is 2.42. The van der Waals surface area contributed by atoms with E-state index in [1.165, 1.54) is 36.1 Å². The molecule has 7 heteroatoms. The number of anilines is 1. The third-order valence-corrected chi connectivity index (χ3v) is 6.21. The zero-order valence-corrected chi connectivity index (χ0v) is 16.4. The lowest BCUT2D eigenvalue weighted by molar-refractivity contribution is 0.414. The highest BCUT2D eigenvalue weighted by molar-refractivity contribution is 7.93. The van der Waals surface area contributed by atoms with Crippen molar-refractivity contribution in [2.24, 2.45) is 0 Å². The van der Waals surface area contributed by atoms with Crippen LogP contribution in [0, 0.1) is 0 Å². The lowest BCUT2D eigenvalue weighted by Gasteiger charge is -2.06. The lowest BCUT2D eigenvalue weighted by atomic mass is 10.0. The Kier molecular flexibility index (Phi) is 5.29. The van der Waals surface area contributed by atoms with E-state index in [4.69, 9.17) is 4.74 Å². The molecule has 0 aliphatic heterocycles. The molecule has 0 saturated heterocycles. The summed E-state index contributed by atoms with van der Waals surface area (Å²) >= 11 is 1.26. The first-order valence-electron chi connectivity index (χ1n) is 8.12. The summed E-state index contributed by atoms with van der Waals surface area (Å²) in [6, 6.07) is 14.4. The van der Waals surface area contributed by atoms with Crippen LogP contribution in [-0.2, 0) is 10.0 Å². The second-order valence-corrected chi connectivity index (χ2v) is 8.64. The zero-order valence-electron chi connectivity index (χ0n) is 14.8. The van der Waals surface area contributed by atoms with Gasteiger partial charge in [0, 0.05) is 10.9 Å². The third kappa shape index (κ3) is 4.05. The van der Waals surface area contributed by atoms with Crippen molar-refractivity contribution < 1.29 is 13.2 Å². The van der Waals surface area contributed by atoms with E-state index in [0.717, 1.165) is 11.3 Å². The molecule has 1 heterocycles. The minimum atomic E-state index is -3.68. The van der Waals surface area contributed by atoms with Crippen molar-refractivity contribution in [3.63, 3.8) is 0 Å². The van der Waals surface area contributed by atoms with Gasteiger partial charge in [-0.15, -0.1) is 11.3 Å². The molecule has 1 N–H and O–H groups in total. The molecule has 5 nitrogen and oxygen atoms in total. The highest BCUT2D eigenvalue weighted by atomic mass is 32.2. The molecule has 0 fully saturated rings. The molecular formula is C19H20N2O3S2. The van der Waals surface area contributed by atoms with Crippen LogP contribution in [0.1, 0.15) is 25.3 Å². The molecule has 0 amide bonds. The summed E-state index contributed by atoms with van der Waals surface area (Å²) in [7, 11) is -2.15. The maximum atomic E-state index is 12.5. The fraction of sp³-hybridized carbons (Fsp3) is 0.211. The minimum Gasteiger partial charge on any atom is -0.497 e. The maximum absolute atomic E-state index is 12.5. The molecule has 136 valence electrons. The van der Waals surface area contributed by atoms with Crippen LogP contribution in [0.25, 0.3) is 11.3 Å². The van der Waals surface area contributed by atoms with Gasteiger partial charge in [0.25, 0.3) is 10.0 Å². The van der Waals surface area contributed by atoms with Crippen molar-refractivity contribution in [2.75, 3.05) is 11.8 Å². The molecule has 0 spiro atoms. The van der Waals surface area contributed by atoms with Crippen molar-refractivity contribution >= 4 is 26.5 Å². The Morgan fingerprint density at radius 3 is 2.27 bits per heavy atom. The Bertz CT molecular complexity index is 976. The molecule has 0 atom stereocenters. The average Bonchev–Trinajstić information content (AvgIpc) is 3.09. The molecule has 0 aliphatic rings. The van der Waals surface area contributed by atoms with Crippen LogP contribution in [-0.4, -0.2) is 20.5 Å². The van der Waals surface area contributed by atoms with Gasteiger partial charge in [-0.3, -0.25) is 4.72 Å². The standard InChI is InChI=1S/C19H20N2O3S2/c1-13(2)14-4-6-15(7-5-14)18-12-25-19(20-18)21-26(22,23)17-10-8-16(24-3)9-11-17/h4-13H,1-3H3,(H,20,21). The van der Waals surface area contributed by atoms with Gasteiger partial charge in [-0.25, -0.2) is 13.4 Å². The van der Waals surface area contributed by atoms with Crippen LogP contribution in [0.4, 0.5) is 5.13 Å². The van der Waals surface area contributed by atoms with Crippen molar-refractivity contribution in [3.05, 3.63) is 59.5 Å². The van der Waals surface area contributed by atoms with Crippen molar-refractivity contribution in [1.82, 2.24) is 4.98 Å². The Hall–Kier alpha value is -2.38. The minimum absolute atomic E-state index is 0.163. The van der Waals surface area contributed by atoms with Crippen LogP contribution in [0.5, 0.6) is 5.75 Å². The van der Waals surface area contributed by atoms with E-state index in [-0.39, 0.29) is 4.90 Å². The average molecular weight is 389 g/mol. The number of aromatic nitrogens is 1. The molecule has 0 bridgehead atoms. The van der Waals surface area contributed by atoms with Crippen LogP contribution in [0.2, 0.25) is 0 Å². The summed E-state index contributed by atoms with van der Waals surface area (Å²) in [6.07, 6.45) is 0. The second kappa shape index (κ2) is 7.47. The highest BCUT2D eigenvalue weighted by Gasteiger charge is 2.16. The van der Waals surface area contributed by atoms with E-state index in [1.807, 2.05) is 17.5 Å². The van der Waals surface area contributed by atoms with E-state index in [1.54, 1.807) is 12.1 Å². The Morgan fingerprint density at radius 2 is 1.69 bits per heavy atom. The summed E-state index contributed by atoms with van der Waals surface area (Å²) in [5.74, 6) is 1.07. The molecular weight excluding hydrogens is 368 g/mol. The predicted octanol–water partition coefficient (Wildman–Crippen LogP) is 4.74. The first-order chi connectivity index (χ1) is 12.4. The number of sulfonamides is 1. The SMILES string of the molecule is COc1ccc(S(=O)(=O)Nc2nc(-c3ccc(C(C)C)cc3)cs2)cc1. The monoisotopic (exact) mass is 388 g/mol. The van der Waals surface area contributed by atoms with Gasteiger partial charge >= 0.3 is 0 Å². The molecule has 3 aromatic rings. The quantitative estimate of drug-likeness (QED) is 0.662. The van der Waals surface area contributed by atoms with Crippen molar-refractivity contribution in [3.8, 4) is 17.0 Å². The smallest absolute Gasteiger partial charge is 0.263 e. The van der Waals surface area contributed by atoms with Gasteiger partial charge in [0.2, 0.25) is 0 Å². The first kappa shape index (κ1) is 18.4. The molecule has 1 aromatic heterocycles. The normalized spacial score (nSPS) is 11.5. The number of hydrogen-bond donors (Lipinski definition) is 1. The van der Waals surface area contributed by atoms with Crippen LogP contribution in [0.3, 0.4) is 0 Å².